The molecule has 0 fully saturated rings. The molecule has 0 bridgehead atoms. The van der Waals surface area contributed by atoms with Crippen LogP contribution in [0.1, 0.15) is 21.5 Å². The SMILES string of the molecule is Cc1cccc(C)c1C(=O)Pc1ccccc1-c1ccccc1.[LiH]. The molecule has 24 heavy (non-hydrogen) atoms. The van der Waals surface area contributed by atoms with Crippen LogP contribution in [-0.4, -0.2) is 24.4 Å². The zero-order valence-electron chi connectivity index (χ0n) is 13.3. The summed E-state index contributed by atoms with van der Waals surface area (Å²) in [6.07, 6.45) is 0. The molecule has 0 N–H and O–H groups in total. The van der Waals surface area contributed by atoms with Crippen molar-refractivity contribution in [1.82, 2.24) is 0 Å². The van der Waals surface area contributed by atoms with Gasteiger partial charge in [0.2, 0.25) is 0 Å². The van der Waals surface area contributed by atoms with E-state index in [2.05, 4.69) is 24.3 Å². The van der Waals surface area contributed by atoms with Crippen LogP contribution in [0.15, 0.2) is 72.8 Å². The van der Waals surface area contributed by atoms with Gasteiger partial charge >= 0.3 is 18.9 Å². The summed E-state index contributed by atoms with van der Waals surface area (Å²) in [4.78, 5) is 12.9. The van der Waals surface area contributed by atoms with Gasteiger partial charge in [-0.1, -0.05) is 72.8 Å². The first kappa shape index (κ1) is 18.7. The summed E-state index contributed by atoms with van der Waals surface area (Å²) in [6.45, 7) is 4.02. The van der Waals surface area contributed by atoms with Crippen LogP contribution in [-0.2, 0) is 0 Å². The van der Waals surface area contributed by atoms with Gasteiger partial charge in [-0.15, -0.1) is 0 Å². The zero-order valence-corrected chi connectivity index (χ0v) is 14.3. The van der Waals surface area contributed by atoms with E-state index in [1.165, 1.54) is 0 Å². The van der Waals surface area contributed by atoms with E-state index in [9.17, 15) is 4.79 Å². The Hall–Kier alpha value is -1.64. The third-order valence-electron chi connectivity index (χ3n) is 3.97. The van der Waals surface area contributed by atoms with Gasteiger partial charge in [-0.25, -0.2) is 0 Å². The molecular weight excluding hydrogens is 306 g/mol. The predicted octanol–water partition coefficient (Wildman–Crippen LogP) is 4.47. The molecule has 3 rings (SSSR count). The van der Waals surface area contributed by atoms with Gasteiger partial charge in [0.25, 0.3) is 0 Å². The van der Waals surface area contributed by atoms with Crippen LogP contribution < -0.4 is 5.30 Å². The predicted molar refractivity (Wildman–Crippen MR) is 107 cm³/mol. The normalized spacial score (nSPS) is 10.6. The minimum atomic E-state index is 0. The molecule has 1 unspecified atom stereocenters. The van der Waals surface area contributed by atoms with E-state index >= 15 is 0 Å². The number of benzene rings is 3. The van der Waals surface area contributed by atoms with Crippen molar-refractivity contribution in [1.29, 1.82) is 0 Å². The van der Waals surface area contributed by atoms with Crippen molar-refractivity contribution in [3.8, 4) is 11.1 Å². The fraction of sp³-hybridized carbons (Fsp3) is 0.0952. The summed E-state index contributed by atoms with van der Waals surface area (Å²) in [5.74, 6) is 0. The second kappa shape index (κ2) is 8.45. The Kier molecular flexibility index (Phi) is 6.58. The molecule has 0 radical (unpaired) electrons. The number of hydrogen-bond acceptors (Lipinski definition) is 1. The number of aryl methyl sites for hydroxylation is 2. The molecule has 0 aliphatic carbocycles. The third-order valence-corrected chi connectivity index (χ3v) is 5.15. The molecule has 0 aliphatic heterocycles. The van der Waals surface area contributed by atoms with Crippen molar-refractivity contribution in [2.24, 2.45) is 0 Å². The molecule has 1 atom stereocenters. The third kappa shape index (κ3) is 4.06. The second-order valence-electron chi connectivity index (χ2n) is 5.63. The molecule has 3 heteroatoms. The van der Waals surface area contributed by atoms with Crippen molar-refractivity contribution >= 4 is 38.3 Å². The Bertz CT molecular complexity index is 823. The zero-order chi connectivity index (χ0) is 16.2. The molecule has 116 valence electrons. The molecule has 0 aliphatic rings. The van der Waals surface area contributed by atoms with Crippen molar-refractivity contribution in [3.63, 3.8) is 0 Å². The number of hydrogen-bond donors (Lipinski definition) is 0. The Balaban J connectivity index is 0.00000208. The fourth-order valence-corrected chi connectivity index (χ4v) is 4.12. The summed E-state index contributed by atoms with van der Waals surface area (Å²) in [5, 5.41) is 1.10. The Morgan fingerprint density at radius 2 is 1.33 bits per heavy atom. The van der Waals surface area contributed by atoms with E-state index in [0.717, 1.165) is 33.1 Å². The summed E-state index contributed by atoms with van der Waals surface area (Å²) in [6, 6.07) is 24.5. The van der Waals surface area contributed by atoms with E-state index in [1.807, 2.05) is 62.4 Å². The second-order valence-corrected chi connectivity index (χ2v) is 6.88. The van der Waals surface area contributed by atoms with Crippen LogP contribution in [0.4, 0.5) is 0 Å². The van der Waals surface area contributed by atoms with Crippen molar-refractivity contribution in [2.75, 3.05) is 0 Å². The van der Waals surface area contributed by atoms with Gasteiger partial charge in [0.05, 0.1) is 0 Å². The molecule has 1 nitrogen and oxygen atoms in total. The first-order valence-corrected chi connectivity index (χ1v) is 8.69. The molecular formula is C21H20LiOP. The first-order chi connectivity index (χ1) is 11.2. The van der Waals surface area contributed by atoms with Crippen LogP contribution in [0.2, 0.25) is 0 Å². The monoisotopic (exact) mass is 326 g/mol. The summed E-state index contributed by atoms with van der Waals surface area (Å²) >= 11 is 0. The van der Waals surface area contributed by atoms with E-state index in [0.29, 0.717) is 0 Å². The van der Waals surface area contributed by atoms with Crippen LogP contribution in [0, 0.1) is 13.8 Å². The summed E-state index contributed by atoms with van der Waals surface area (Å²) in [7, 11) is 0.134. The first-order valence-electron chi connectivity index (χ1n) is 7.69. The maximum atomic E-state index is 12.9. The van der Waals surface area contributed by atoms with Gasteiger partial charge in [-0.05, 0) is 50.0 Å². The standard InChI is InChI=1S/C21H19OP.Li.H/c1-15-9-8-10-16(2)20(15)21(22)23-19-14-7-6-13-18(19)17-11-4-3-5-12-17;;/h3-14,23H,1-2H3;;. The van der Waals surface area contributed by atoms with Crippen LogP contribution in [0.25, 0.3) is 11.1 Å². The maximum absolute atomic E-state index is 12.9. The average Bonchev–Trinajstić information content (AvgIpc) is 2.56. The van der Waals surface area contributed by atoms with Crippen molar-refractivity contribution in [2.45, 2.75) is 13.8 Å². The van der Waals surface area contributed by atoms with E-state index < -0.39 is 0 Å². The summed E-state index contributed by atoms with van der Waals surface area (Å²) in [5.41, 5.74) is 5.49. The van der Waals surface area contributed by atoms with Crippen LogP contribution in [0.5, 0.6) is 0 Å². The number of rotatable bonds is 4. The number of carbonyl (C=O) groups is 1. The van der Waals surface area contributed by atoms with Crippen molar-refractivity contribution in [3.05, 3.63) is 89.5 Å². The summed E-state index contributed by atoms with van der Waals surface area (Å²) < 4.78 is 0. The van der Waals surface area contributed by atoms with Crippen LogP contribution in [0.3, 0.4) is 0 Å². The van der Waals surface area contributed by atoms with Crippen LogP contribution >= 0.6 is 8.58 Å². The topological polar surface area (TPSA) is 17.1 Å². The molecule has 0 heterocycles. The molecule has 3 aromatic rings. The molecule has 0 amide bonds. The van der Waals surface area contributed by atoms with Gasteiger partial charge in [0.1, 0.15) is 0 Å². The molecule has 0 aromatic heterocycles. The Labute approximate surface area is 157 Å². The Morgan fingerprint density at radius 3 is 2.00 bits per heavy atom. The van der Waals surface area contributed by atoms with Gasteiger partial charge in [-0.3, -0.25) is 4.79 Å². The van der Waals surface area contributed by atoms with E-state index in [1.54, 1.807) is 0 Å². The van der Waals surface area contributed by atoms with Gasteiger partial charge in [-0.2, -0.15) is 0 Å². The quantitative estimate of drug-likeness (QED) is 0.511. The minimum absolute atomic E-state index is 0. The molecule has 0 spiro atoms. The van der Waals surface area contributed by atoms with E-state index in [-0.39, 0.29) is 33.0 Å². The molecule has 3 aromatic carbocycles. The Morgan fingerprint density at radius 1 is 0.750 bits per heavy atom. The van der Waals surface area contributed by atoms with E-state index in [4.69, 9.17) is 0 Å². The van der Waals surface area contributed by atoms with Gasteiger partial charge < -0.3 is 0 Å². The molecule has 0 saturated heterocycles. The number of carbonyl (C=O) groups excluding carboxylic acids is 1. The fourth-order valence-electron chi connectivity index (χ4n) is 2.82. The molecule has 0 saturated carbocycles. The average molecular weight is 326 g/mol. The van der Waals surface area contributed by atoms with Crippen molar-refractivity contribution < 1.29 is 4.79 Å². The van der Waals surface area contributed by atoms with Gasteiger partial charge in [0, 0.05) is 5.56 Å². The van der Waals surface area contributed by atoms with Gasteiger partial charge in [0.15, 0.2) is 5.52 Å².